The normalized spacial score (nSPS) is 12.9. The topological polar surface area (TPSA) is 109 Å². The summed E-state index contributed by atoms with van der Waals surface area (Å²) in [7, 11) is 0. The van der Waals surface area contributed by atoms with Crippen LogP contribution < -0.4 is 11.1 Å². The summed E-state index contributed by atoms with van der Waals surface area (Å²) >= 11 is 0. The van der Waals surface area contributed by atoms with Crippen LogP contribution in [0.2, 0.25) is 0 Å². The van der Waals surface area contributed by atoms with Crippen molar-refractivity contribution in [1.29, 1.82) is 0 Å². The number of carbonyl (C=O) groups is 3. The van der Waals surface area contributed by atoms with Crippen molar-refractivity contribution in [2.45, 2.75) is 39.2 Å². The van der Waals surface area contributed by atoms with E-state index in [0.29, 0.717) is 12.0 Å². The highest BCUT2D eigenvalue weighted by Crippen LogP contribution is 2.01. The zero-order chi connectivity index (χ0) is 13.4. The number of carboxylic acid groups (broad SMARTS) is 1. The van der Waals surface area contributed by atoms with Crippen molar-refractivity contribution in [3.63, 3.8) is 0 Å². The van der Waals surface area contributed by atoms with Gasteiger partial charge in [0.2, 0.25) is 11.8 Å². The first-order valence-corrected chi connectivity index (χ1v) is 5.37. The number of hydrogen-bond acceptors (Lipinski definition) is 3. The van der Waals surface area contributed by atoms with E-state index in [-0.39, 0.29) is 12.8 Å². The maximum absolute atomic E-state index is 11.5. The Morgan fingerprint density at radius 3 is 2.41 bits per heavy atom. The monoisotopic (exact) mass is 242 g/mol. The van der Waals surface area contributed by atoms with E-state index in [2.05, 4.69) is 5.32 Å². The van der Waals surface area contributed by atoms with Crippen molar-refractivity contribution in [2.75, 3.05) is 0 Å². The highest BCUT2D eigenvalue weighted by Gasteiger charge is 2.20. The summed E-state index contributed by atoms with van der Waals surface area (Å²) in [4.78, 5) is 32.9. The molecule has 2 amide bonds. The van der Waals surface area contributed by atoms with Crippen LogP contribution in [-0.2, 0) is 14.4 Å². The minimum Gasteiger partial charge on any atom is -0.480 e. The minimum absolute atomic E-state index is 0.00416. The maximum atomic E-state index is 11.5. The standard InChI is InChI=1S/C11H18N2O4/c1-3-4-7(2)10(15)13-8(11(16)17)5-6-9(12)14/h4,8H,3,5-6H2,1-2H3,(H2,12,14)(H,13,15)(H,16,17)/b7-4-/t8-/m1/s1. The third-order valence-corrected chi connectivity index (χ3v) is 2.15. The molecule has 0 aliphatic rings. The minimum atomic E-state index is -1.18. The van der Waals surface area contributed by atoms with Gasteiger partial charge in [-0.1, -0.05) is 13.0 Å². The molecule has 0 saturated heterocycles. The van der Waals surface area contributed by atoms with Crippen molar-refractivity contribution < 1.29 is 19.5 Å². The van der Waals surface area contributed by atoms with Gasteiger partial charge < -0.3 is 16.2 Å². The van der Waals surface area contributed by atoms with Gasteiger partial charge >= 0.3 is 5.97 Å². The first kappa shape index (κ1) is 15.2. The van der Waals surface area contributed by atoms with Gasteiger partial charge in [-0.15, -0.1) is 0 Å². The molecule has 1 atom stereocenters. The first-order valence-electron chi connectivity index (χ1n) is 5.37. The fourth-order valence-electron chi connectivity index (χ4n) is 1.21. The van der Waals surface area contributed by atoms with Gasteiger partial charge in [-0.2, -0.15) is 0 Å². The van der Waals surface area contributed by atoms with Gasteiger partial charge in [0.25, 0.3) is 0 Å². The molecule has 4 N–H and O–H groups in total. The second-order valence-electron chi connectivity index (χ2n) is 3.66. The highest BCUT2D eigenvalue weighted by molar-refractivity contribution is 5.95. The smallest absolute Gasteiger partial charge is 0.326 e. The molecule has 17 heavy (non-hydrogen) atoms. The van der Waals surface area contributed by atoms with Crippen LogP contribution in [-0.4, -0.2) is 28.9 Å². The number of carboxylic acids is 1. The Morgan fingerprint density at radius 2 is 2.00 bits per heavy atom. The Morgan fingerprint density at radius 1 is 1.41 bits per heavy atom. The third kappa shape index (κ3) is 6.34. The van der Waals surface area contributed by atoms with Crippen molar-refractivity contribution in [1.82, 2.24) is 5.32 Å². The zero-order valence-corrected chi connectivity index (χ0v) is 10.0. The molecular weight excluding hydrogens is 224 g/mol. The van der Waals surface area contributed by atoms with Crippen molar-refractivity contribution in [3.05, 3.63) is 11.6 Å². The number of nitrogens with two attached hydrogens (primary N) is 1. The molecule has 6 nitrogen and oxygen atoms in total. The Bertz CT molecular complexity index is 336. The van der Waals surface area contributed by atoms with Gasteiger partial charge in [0, 0.05) is 12.0 Å². The van der Waals surface area contributed by atoms with E-state index in [4.69, 9.17) is 10.8 Å². The number of carbonyl (C=O) groups excluding carboxylic acids is 2. The van der Waals surface area contributed by atoms with Gasteiger partial charge in [0.05, 0.1) is 0 Å². The molecule has 0 unspecified atom stereocenters. The molecule has 0 aromatic carbocycles. The average Bonchev–Trinajstić information content (AvgIpc) is 2.23. The largest absolute Gasteiger partial charge is 0.480 e. The Balaban J connectivity index is 4.45. The van der Waals surface area contributed by atoms with Gasteiger partial charge in [-0.3, -0.25) is 9.59 Å². The van der Waals surface area contributed by atoms with Crippen LogP contribution in [0.1, 0.15) is 33.1 Å². The molecule has 96 valence electrons. The number of allylic oxidation sites excluding steroid dienone is 1. The lowest BCUT2D eigenvalue weighted by molar-refractivity contribution is -0.141. The van der Waals surface area contributed by atoms with Crippen molar-refractivity contribution in [3.8, 4) is 0 Å². The zero-order valence-electron chi connectivity index (χ0n) is 10.0. The fraction of sp³-hybridized carbons (Fsp3) is 0.545. The predicted octanol–water partition coefficient (Wildman–Crippen LogP) is 0.178. The third-order valence-electron chi connectivity index (χ3n) is 2.15. The van der Waals surface area contributed by atoms with Crippen molar-refractivity contribution >= 4 is 17.8 Å². The number of hydrogen-bond donors (Lipinski definition) is 3. The second-order valence-corrected chi connectivity index (χ2v) is 3.66. The van der Waals surface area contributed by atoms with Crippen LogP contribution in [0.4, 0.5) is 0 Å². The van der Waals surface area contributed by atoms with E-state index < -0.39 is 23.8 Å². The van der Waals surface area contributed by atoms with E-state index >= 15 is 0 Å². The van der Waals surface area contributed by atoms with Crippen molar-refractivity contribution in [2.24, 2.45) is 5.73 Å². The Hall–Kier alpha value is -1.85. The number of amides is 2. The summed E-state index contributed by atoms with van der Waals surface area (Å²) in [5, 5.41) is 11.2. The molecule has 0 aromatic rings. The van der Waals surface area contributed by atoms with E-state index in [1.165, 1.54) is 0 Å². The first-order chi connectivity index (χ1) is 7.88. The second kappa shape index (κ2) is 7.43. The molecule has 0 aliphatic carbocycles. The number of nitrogens with one attached hydrogen (secondary N) is 1. The van der Waals surface area contributed by atoms with Crippen LogP contribution in [0, 0.1) is 0 Å². The van der Waals surface area contributed by atoms with E-state index in [0.717, 1.165) is 0 Å². The van der Waals surface area contributed by atoms with Crippen LogP contribution in [0.15, 0.2) is 11.6 Å². The average molecular weight is 242 g/mol. The molecule has 0 aromatic heterocycles. The quantitative estimate of drug-likeness (QED) is 0.553. The molecule has 0 fully saturated rings. The Kier molecular flexibility index (Phi) is 6.62. The summed E-state index contributed by atoms with van der Waals surface area (Å²) in [6.45, 7) is 3.48. The number of rotatable bonds is 7. The maximum Gasteiger partial charge on any atom is 0.326 e. The van der Waals surface area contributed by atoms with Crippen LogP contribution >= 0.6 is 0 Å². The van der Waals surface area contributed by atoms with Crippen LogP contribution in [0.25, 0.3) is 0 Å². The molecule has 0 spiro atoms. The summed E-state index contributed by atoms with van der Waals surface area (Å²) in [6, 6.07) is -1.09. The fourth-order valence-corrected chi connectivity index (χ4v) is 1.21. The lowest BCUT2D eigenvalue weighted by Gasteiger charge is -2.13. The SMILES string of the molecule is CC/C=C(/C)C(=O)N[C@H](CCC(N)=O)C(=O)O. The molecular formula is C11H18N2O4. The predicted molar refractivity (Wildman–Crippen MR) is 62.0 cm³/mol. The summed E-state index contributed by atoms with van der Waals surface area (Å²) < 4.78 is 0. The molecule has 0 saturated carbocycles. The molecule has 6 heteroatoms. The summed E-state index contributed by atoms with van der Waals surface area (Å²) in [5.41, 5.74) is 5.38. The highest BCUT2D eigenvalue weighted by atomic mass is 16.4. The van der Waals surface area contributed by atoms with Gasteiger partial charge in [-0.05, 0) is 19.8 Å². The lowest BCUT2D eigenvalue weighted by atomic mass is 10.1. The van der Waals surface area contributed by atoms with Crippen LogP contribution in [0.3, 0.4) is 0 Å². The number of primary amides is 1. The summed E-state index contributed by atoms with van der Waals surface area (Å²) in [6.07, 6.45) is 2.31. The summed E-state index contributed by atoms with van der Waals surface area (Å²) in [5.74, 6) is -2.21. The molecule has 0 rings (SSSR count). The van der Waals surface area contributed by atoms with Gasteiger partial charge in [0.15, 0.2) is 0 Å². The van der Waals surface area contributed by atoms with E-state index in [9.17, 15) is 14.4 Å². The van der Waals surface area contributed by atoms with Gasteiger partial charge in [-0.25, -0.2) is 4.79 Å². The Labute approximate surface area is 99.9 Å². The molecule has 0 aliphatic heterocycles. The van der Waals surface area contributed by atoms with E-state index in [1.54, 1.807) is 13.0 Å². The number of aliphatic carboxylic acids is 1. The van der Waals surface area contributed by atoms with Crippen LogP contribution in [0.5, 0.6) is 0 Å². The van der Waals surface area contributed by atoms with Gasteiger partial charge in [0.1, 0.15) is 6.04 Å². The molecule has 0 bridgehead atoms. The van der Waals surface area contributed by atoms with E-state index in [1.807, 2.05) is 6.92 Å². The molecule has 0 radical (unpaired) electrons. The molecule has 0 heterocycles. The lowest BCUT2D eigenvalue weighted by Crippen LogP contribution is -2.41.